The van der Waals surface area contributed by atoms with E-state index in [2.05, 4.69) is 19.8 Å². The van der Waals surface area contributed by atoms with Crippen molar-refractivity contribution in [1.29, 1.82) is 0 Å². The van der Waals surface area contributed by atoms with Crippen LogP contribution in [-0.4, -0.2) is 120 Å². The molecule has 2 aromatic heterocycles. The number of fused-ring (bicyclic) bond motifs is 1. The van der Waals surface area contributed by atoms with Crippen LogP contribution in [0.3, 0.4) is 0 Å². The third-order valence-corrected chi connectivity index (χ3v) is 7.42. The molecule has 1 saturated carbocycles. The fourth-order valence-electron chi connectivity index (χ4n) is 5.19. The minimum absolute atomic E-state index is 0.00916. The average molecular weight is 587 g/mol. The van der Waals surface area contributed by atoms with Gasteiger partial charge in [-0.1, -0.05) is 25.0 Å². The van der Waals surface area contributed by atoms with Crippen molar-refractivity contribution in [1.82, 2.24) is 19.8 Å². The van der Waals surface area contributed by atoms with Gasteiger partial charge in [0, 0.05) is 39.3 Å². The van der Waals surface area contributed by atoms with Crippen LogP contribution in [0.4, 0.5) is 0 Å². The van der Waals surface area contributed by atoms with Crippen molar-refractivity contribution in [2.75, 3.05) is 65.8 Å². The quantitative estimate of drug-likeness (QED) is 0.513. The SMILES string of the molecule is O=C(O)c1cccc(CN2CCOCCOCCN(Cc3cccc(C(=O)O)n3)CCO[C@@H]3CCCC[C@H]3OCC2)n1. The second-order valence-corrected chi connectivity index (χ2v) is 10.5. The smallest absolute Gasteiger partial charge is 0.354 e. The van der Waals surface area contributed by atoms with Crippen LogP contribution in [0.1, 0.15) is 58.0 Å². The number of ether oxygens (including phenoxy) is 4. The number of carboxylic acid groups (broad SMARTS) is 2. The number of aromatic carboxylic acids is 2. The van der Waals surface area contributed by atoms with Crippen molar-refractivity contribution in [3.05, 3.63) is 59.2 Å². The molecule has 0 bridgehead atoms. The Morgan fingerprint density at radius 2 is 1.10 bits per heavy atom. The normalized spacial score (nSPS) is 22.9. The van der Waals surface area contributed by atoms with Crippen molar-refractivity contribution in [2.24, 2.45) is 0 Å². The Morgan fingerprint density at radius 1 is 0.667 bits per heavy atom. The van der Waals surface area contributed by atoms with Gasteiger partial charge in [0.05, 0.1) is 63.2 Å². The van der Waals surface area contributed by atoms with Crippen molar-refractivity contribution in [2.45, 2.75) is 51.0 Å². The first-order chi connectivity index (χ1) is 20.5. The molecule has 2 aliphatic rings. The number of hydrogen-bond acceptors (Lipinski definition) is 10. The summed E-state index contributed by atoms with van der Waals surface area (Å²) in [5, 5.41) is 18.6. The van der Waals surface area contributed by atoms with E-state index in [-0.39, 0.29) is 23.6 Å². The van der Waals surface area contributed by atoms with Crippen LogP contribution in [0.5, 0.6) is 0 Å². The summed E-state index contributed by atoms with van der Waals surface area (Å²) in [5.41, 5.74) is 1.44. The first kappa shape index (κ1) is 31.9. The highest BCUT2D eigenvalue weighted by Gasteiger charge is 2.27. The highest BCUT2D eigenvalue weighted by Crippen LogP contribution is 2.24. The number of rotatable bonds is 6. The molecule has 0 radical (unpaired) electrons. The molecule has 1 aliphatic heterocycles. The molecule has 12 nitrogen and oxygen atoms in total. The Kier molecular flexibility index (Phi) is 13.1. The van der Waals surface area contributed by atoms with E-state index >= 15 is 0 Å². The van der Waals surface area contributed by atoms with Crippen molar-refractivity contribution in [3.63, 3.8) is 0 Å². The third kappa shape index (κ3) is 10.7. The lowest BCUT2D eigenvalue weighted by atomic mass is 9.94. The Balaban J connectivity index is 1.36. The molecule has 42 heavy (non-hydrogen) atoms. The molecule has 0 spiro atoms. The van der Waals surface area contributed by atoms with Crippen LogP contribution in [0.15, 0.2) is 36.4 Å². The van der Waals surface area contributed by atoms with Crippen LogP contribution < -0.4 is 0 Å². The summed E-state index contributed by atoms with van der Waals surface area (Å²) in [6, 6.07) is 10.1. The second-order valence-electron chi connectivity index (χ2n) is 10.5. The van der Waals surface area contributed by atoms with Crippen molar-refractivity contribution >= 4 is 11.9 Å². The maximum atomic E-state index is 11.4. The topological polar surface area (TPSA) is 144 Å². The van der Waals surface area contributed by atoms with E-state index in [1.807, 2.05) is 12.1 Å². The Morgan fingerprint density at radius 3 is 1.52 bits per heavy atom. The lowest BCUT2D eigenvalue weighted by Crippen LogP contribution is -2.39. The molecule has 0 aromatic carbocycles. The van der Waals surface area contributed by atoms with E-state index in [4.69, 9.17) is 18.9 Å². The summed E-state index contributed by atoms with van der Waals surface area (Å²) >= 11 is 0. The number of carbonyl (C=O) groups is 2. The van der Waals surface area contributed by atoms with Gasteiger partial charge in [0.25, 0.3) is 0 Å². The van der Waals surface area contributed by atoms with E-state index in [1.165, 1.54) is 12.1 Å². The standard InChI is InChI=1S/C30H42N4O8/c35-29(36)25-7-3-5-23(31-25)21-33-11-15-39-19-20-40-16-12-34(22-24-6-4-8-26(32-24)30(37)38)14-18-42-28-10-2-1-9-27(28)41-17-13-33/h3-8,27-28H,1-2,9-22H2,(H,35,36)(H,37,38)/t27-,28-/m1/s1. The van der Waals surface area contributed by atoms with Crippen molar-refractivity contribution < 1.29 is 38.7 Å². The fourth-order valence-corrected chi connectivity index (χ4v) is 5.19. The van der Waals surface area contributed by atoms with Gasteiger partial charge >= 0.3 is 11.9 Å². The largest absolute Gasteiger partial charge is 0.477 e. The Hall–Kier alpha value is -3.00. The second kappa shape index (κ2) is 17.2. The van der Waals surface area contributed by atoms with Crippen LogP contribution in [0.2, 0.25) is 0 Å². The van der Waals surface area contributed by atoms with E-state index < -0.39 is 11.9 Å². The monoisotopic (exact) mass is 586 g/mol. The zero-order chi connectivity index (χ0) is 29.6. The molecule has 1 aliphatic carbocycles. The van der Waals surface area contributed by atoms with E-state index in [0.29, 0.717) is 90.3 Å². The predicted octanol–water partition coefficient (Wildman–Crippen LogP) is 2.57. The van der Waals surface area contributed by atoms with E-state index in [1.54, 1.807) is 12.1 Å². The van der Waals surface area contributed by atoms with Gasteiger partial charge in [0.1, 0.15) is 11.4 Å². The summed E-state index contributed by atoms with van der Waals surface area (Å²) < 4.78 is 24.4. The molecule has 2 atom stereocenters. The molecule has 3 heterocycles. The highest BCUT2D eigenvalue weighted by molar-refractivity contribution is 5.85. The molecule has 0 unspecified atom stereocenters. The summed E-state index contributed by atoms with van der Waals surface area (Å²) in [6.45, 7) is 6.50. The van der Waals surface area contributed by atoms with Gasteiger partial charge in [0.2, 0.25) is 0 Å². The van der Waals surface area contributed by atoms with Crippen LogP contribution in [0.25, 0.3) is 0 Å². The molecule has 12 heteroatoms. The summed E-state index contributed by atoms with van der Waals surface area (Å²) in [7, 11) is 0. The van der Waals surface area contributed by atoms with Crippen LogP contribution >= 0.6 is 0 Å². The molecule has 2 aromatic rings. The van der Waals surface area contributed by atoms with Gasteiger partial charge in [-0.25, -0.2) is 19.6 Å². The number of hydrogen-bond donors (Lipinski definition) is 2. The molecule has 230 valence electrons. The Bertz CT molecular complexity index is 1050. The minimum atomic E-state index is -1.04. The van der Waals surface area contributed by atoms with Crippen LogP contribution in [0, 0.1) is 0 Å². The maximum Gasteiger partial charge on any atom is 0.354 e. The van der Waals surface area contributed by atoms with E-state index in [0.717, 1.165) is 25.7 Å². The minimum Gasteiger partial charge on any atom is -0.477 e. The first-order valence-electron chi connectivity index (χ1n) is 14.7. The van der Waals surface area contributed by atoms with Crippen molar-refractivity contribution in [3.8, 4) is 0 Å². The molecule has 0 amide bonds. The first-order valence-corrected chi connectivity index (χ1v) is 14.7. The lowest BCUT2D eigenvalue weighted by molar-refractivity contribution is -0.0993. The highest BCUT2D eigenvalue weighted by atomic mass is 16.5. The fraction of sp³-hybridized carbons (Fsp3) is 0.600. The van der Waals surface area contributed by atoms with E-state index in [9.17, 15) is 19.8 Å². The average Bonchev–Trinajstić information content (AvgIpc) is 2.98. The van der Waals surface area contributed by atoms with Crippen LogP contribution in [-0.2, 0) is 32.0 Å². The molecule has 1 saturated heterocycles. The molecule has 2 N–H and O–H groups in total. The predicted molar refractivity (Wildman–Crippen MR) is 153 cm³/mol. The molecule has 2 fully saturated rings. The van der Waals surface area contributed by atoms with Gasteiger partial charge in [-0.2, -0.15) is 0 Å². The van der Waals surface area contributed by atoms with Gasteiger partial charge in [0.15, 0.2) is 0 Å². The lowest BCUT2D eigenvalue weighted by Gasteiger charge is -2.33. The summed E-state index contributed by atoms with van der Waals surface area (Å²) in [5.74, 6) is -2.09. The number of aromatic nitrogens is 2. The zero-order valence-corrected chi connectivity index (χ0v) is 24.1. The number of carboxylic acids is 2. The number of nitrogens with zero attached hydrogens (tertiary/aromatic N) is 4. The summed E-state index contributed by atoms with van der Waals surface area (Å²) in [6.07, 6.45) is 4.11. The molecule has 4 rings (SSSR count). The maximum absolute atomic E-state index is 11.4. The number of pyridine rings is 2. The third-order valence-electron chi connectivity index (χ3n) is 7.42. The summed E-state index contributed by atoms with van der Waals surface area (Å²) in [4.78, 5) is 35.6. The van der Waals surface area contributed by atoms with Gasteiger partial charge < -0.3 is 29.2 Å². The molecular weight excluding hydrogens is 544 g/mol. The zero-order valence-electron chi connectivity index (χ0n) is 24.1. The molecular formula is C30H42N4O8. The Labute approximate surface area is 246 Å². The van der Waals surface area contributed by atoms with Gasteiger partial charge in [-0.05, 0) is 37.1 Å². The van der Waals surface area contributed by atoms with Gasteiger partial charge in [-0.15, -0.1) is 0 Å². The van der Waals surface area contributed by atoms with Gasteiger partial charge in [-0.3, -0.25) is 9.80 Å².